The first-order valence-electron chi connectivity index (χ1n) is 8.63. The fourth-order valence-corrected chi connectivity index (χ4v) is 2.73. The molecule has 28 heavy (non-hydrogen) atoms. The number of esters is 1. The van der Waals surface area contributed by atoms with Gasteiger partial charge < -0.3 is 18.6 Å². The van der Waals surface area contributed by atoms with Gasteiger partial charge in [-0.05, 0) is 36.8 Å². The predicted molar refractivity (Wildman–Crippen MR) is 106 cm³/mol. The highest BCUT2D eigenvalue weighted by Gasteiger charge is 2.17. The highest BCUT2D eigenvalue weighted by atomic mass is 35.5. The van der Waals surface area contributed by atoms with E-state index in [4.69, 9.17) is 30.2 Å². The molecule has 0 N–H and O–H groups in total. The number of benzene rings is 2. The molecular weight excluding hydrogens is 384 g/mol. The average molecular weight is 403 g/mol. The molecule has 7 heteroatoms. The van der Waals surface area contributed by atoms with E-state index in [1.165, 1.54) is 13.4 Å². The number of rotatable bonds is 7. The molecule has 0 fully saturated rings. The standard InChI is InChI=1S/C21H19ClO6/c1-13(21(24)26-10-9-25-2)28-16-7-8-17-19(11-16)27-12-18(20(17)23)14-3-5-15(22)6-4-14/h3-8,11-13H,9-10H2,1-2H3/t13-/m1/s1. The molecule has 0 aliphatic rings. The van der Waals surface area contributed by atoms with Crippen LogP contribution in [-0.2, 0) is 14.3 Å². The van der Waals surface area contributed by atoms with E-state index in [0.717, 1.165) is 0 Å². The topological polar surface area (TPSA) is 75.0 Å². The lowest BCUT2D eigenvalue weighted by Gasteiger charge is -2.14. The summed E-state index contributed by atoms with van der Waals surface area (Å²) >= 11 is 5.90. The van der Waals surface area contributed by atoms with E-state index in [-0.39, 0.29) is 12.0 Å². The number of carbonyl (C=O) groups is 1. The van der Waals surface area contributed by atoms with Crippen LogP contribution in [0.25, 0.3) is 22.1 Å². The number of hydrogen-bond acceptors (Lipinski definition) is 6. The molecule has 0 aliphatic heterocycles. The maximum atomic E-state index is 12.8. The van der Waals surface area contributed by atoms with Crippen LogP contribution in [0.1, 0.15) is 6.92 Å². The monoisotopic (exact) mass is 402 g/mol. The molecule has 1 atom stereocenters. The van der Waals surface area contributed by atoms with Crippen LogP contribution < -0.4 is 10.2 Å². The molecular formula is C21H19ClO6. The van der Waals surface area contributed by atoms with Crippen LogP contribution in [-0.4, -0.2) is 32.4 Å². The second-order valence-electron chi connectivity index (χ2n) is 6.06. The van der Waals surface area contributed by atoms with E-state index in [1.54, 1.807) is 49.4 Å². The summed E-state index contributed by atoms with van der Waals surface area (Å²) in [6, 6.07) is 11.7. The zero-order valence-corrected chi connectivity index (χ0v) is 16.2. The van der Waals surface area contributed by atoms with E-state index < -0.39 is 12.1 Å². The van der Waals surface area contributed by atoms with Crippen LogP contribution in [0, 0.1) is 0 Å². The van der Waals surface area contributed by atoms with Gasteiger partial charge in [0.05, 0.1) is 17.6 Å². The summed E-state index contributed by atoms with van der Waals surface area (Å²) in [4.78, 5) is 24.7. The Morgan fingerprint density at radius 2 is 1.89 bits per heavy atom. The second-order valence-corrected chi connectivity index (χ2v) is 6.50. The van der Waals surface area contributed by atoms with Crippen molar-refractivity contribution >= 4 is 28.5 Å². The molecule has 0 radical (unpaired) electrons. The molecule has 0 saturated carbocycles. The molecule has 0 aliphatic carbocycles. The van der Waals surface area contributed by atoms with E-state index in [2.05, 4.69) is 0 Å². The zero-order valence-electron chi connectivity index (χ0n) is 15.4. The van der Waals surface area contributed by atoms with Crippen molar-refractivity contribution < 1.29 is 23.4 Å². The summed E-state index contributed by atoms with van der Waals surface area (Å²) in [5.74, 6) is -0.109. The van der Waals surface area contributed by atoms with Gasteiger partial charge in [-0.15, -0.1) is 0 Å². The fourth-order valence-electron chi connectivity index (χ4n) is 2.61. The fraction of sp³-hybridized carbons (Fsp3) is 0.238. The van der Waals surface area contributed by atoms with Crippen molar-refractivity contribution in [3.8, 4) is 16.9 Å². The quantitative estimate of drug-likeness (QED) is 0.438. The van der Waals surface area contributed by atoms with Crippen molar-refractivity contribution in [1.29, 1.82) is 0 Å². The van der Waals surface area contributed by atoms with Gasteiger partial charge in [-0.3, -0.25) is 4.79 Å². The first-order valence-corrected chi connectivity index (χ1v) is 9.01. The number of fused-ring (bicyclic) bond motifs is 1. The van der Waals surface area contributed by atoms with E-state index >= 15 is 0 Å². The van der Waals surface area contributed by atoms with Crippen molar-refractivity contribution in [3.05, 3.63) is 64.0 Å². The highest BCUT2D eigenvalue weighted by Crippen LogP contribution is 2.24. The van der Waals surface area contributed by atoms with Crippen LogP contribution in [0.5, 0.6) is 5.75 Å². The van der Waals surface area contributed by atoms with Crippen LogP contribution in [0.2, 0.25) is 5.02 Å². The average Bonchev–Trinajstić information content (AvgIpc) is 2.69. The lowest BCUT2D eigenvalue weighted by Crippen LogP contribution is -2.27. The third-order valence-electron chi connectivity index (χ3n) is 4.08. The Morgan fingerprint density at radius 1 is 1.14 bits per heavy atom. The Balaban J connectivity index is 1.81. The van der Waals surface area contributed by atoms with Crippen LogP contribution in [0.3, 0.4) is 0 Å². The van der Waals surface area contributed by atoms with Crippen LogP contribution in [0.4, 0.5) is 0 Å². The second kappa shape index (κ2) is 8.91. The van der Waals surface area contributed by atoms with Gasteiger partial charge in [0.2, 0.25) is 0 Å². The lowest BCUT2D eigenvalue weighted by molar-refractivity contribution is -0.152. The highest BCUT2D eigenvalue weighted by molar-refractivity contribution is 6.30. The Bertz CT molecular complexity index is 1030. The van der Waals surface area contributed by atoms with Gasteiger partial charge in [0.1, 0.15) is 24.2 Å². The third-order valence-corrected chi connectivity index (χ3v) is 4.33. The molecule has 1 heterocycles. The molecule has 0 unspecified atom stereocenters. The number of halogens is 1. The molecule has 3 aromatic rings. The smallest absolute Gasteiger partial charge is 0.347 e. The Hall–Kier alpha value is -2.83. The Kier molecular flexibility index (Phi) is 6.34. The maximum absolute atomic E-state index is 12.8. The summed E-state index contributed by atoms with van der Waals surface area (Å²) in [7, 11) is 1.52. The van der Waals surface area contributed by atoms with Gasteiger partial charge >= 0.3 is 5.97 Å². The lowest BCUT2D eigenvalue weighted by atomic mass is 10.1. The molecule has 1 aromatic heterocycles. The van der Waals surface area contributed by atoms with Gasteiger partial charge in [-0.2, -0.15) is 0 Å². The summed E-state index contributed by atoms with van der Waals surface area (Å²) in [5.41, 5.74) is 1.35. The summed E-state index contributed by atoms with van der Waals surface area (Å²) in [6.07, 6.45) is 0.592. The molecule has 0 amide bonds. The van der Waals surface area contributed by atoms with Crippen LogP contribution in [0.15, 0.2) is 57.9 Å². The van der Waals surface area contributed by atoms with Crippen molar-refractivity contribution in [2.75, 3.05) is 20.3 Å². The normalized spacial score (nSPS) is 12.0. The van der Waals surface area contributed by atoms with Crippen molar-refractivity contribution in [2.24, 2.45) is 0 Å². The number of carbonyl (C=O) groups excluding carboxylic acids is 1. The molecule has 0 spiro atoms. The molecule has 6 nitrogen and oxygen atoms in total. The van der Waals surface area contributed by atoms with Gasteiger partial charge in [0.25, 0.3) is 0 Å². The molecule has 146 valence electrons. The minimum atomic E-state index is -0.811. The maximum Gasteiger partial charge on any atom is 0.347 e. The van der Waals surface area contributed by atoms with Gasteiger partial charge in [0.15, 0.2) is 11.5 Å². The van der Waals surface area contributed by atoms with Gasteiger partial charge in [-0.25, -0.2) is 4.79 Å². The van der Waals surface area contributed by atoms with Crippen molar-refractivity contribution in [2.45, 2.75) is 13.0 Å². The van der Waals surface area contributed by atoms with Gasteiger partial charge in [0, 0.05) is 18.2 Å². The SMILES string of the molecule is COCCOC(=O)[C@@H](C)Oc1ccc2c(=O)c(-c3ccc(Cl)cc3)coc2c1. The largest absolute Gasteiger partial charge is 0.479 e. The zero-order chi connectivity index (χ0) is 20.1. The van der Waals surface area contributed by atoms with Crippen molar-refractivity contribution in [3.63, 3.8) is 0 Å². The summed E-state index contributed by atoms with van der Waals surface area (Å²) in [5, 5.41) is 1.00. The first-order chi connectivity index (χ1) is 13.5. The molecule has 3 rings (SSSR count). The van der Waals surface area contributed by atoms with Crippen LogP contribution >= 0.6 is 11.6 Å². The number of hydrogen-bond donors (Lipinski definition) is 0. The summed E-state index contributed by atoms with van der Waals surface area (Å²) < 4.78 is 21.1. The number of ether oxygens (including phenoxy) is 3. The van der Waals surface area contributed by atoms with Crippen molar-refractivity contribution in [1.82, 2.24) is 0 Å². The third kappa shape index (κ3) is 4.52. The molecule has 2 aromatic carbocycles. The Morgan fingerprint density at radius 3 is 2.61 bits per heavy atom. The first kappa shape index (κ1) is 19.9. The Labute approximate surface area is 166 Å². The minimum absolute atomic E-state index is 0.156. The predicted octanol–water partition coefficient (Wildman–Crippen LogP) is 4.07. The summed E-state index contributed by atoms with van der Waals surface area (Å²) in [6.45, 7) is 2.05. The van der Waals surface area contributed by atoms with E-state index in [0.29, 0.717) is 39.5 Å². The number of methoxy groups -OCH3 is 1. The molecule has 0 saturated heterocycles. The minimum Gasteiger partial charge on any atom is -0.479 e. The van der Waals surface area contributed by atoms with E-state index in [9.17, 15) is 9.59 Å². The van der Waals surface area contributed by atoms with Gasteiger partial charge in [-0.1, -0.05) is 23.7 Å². The molecule has 0 bridgehead atoms. The van der Waals surface area contributed by atoms with E-state index in [1.807, 2.05) is 0 Å².